The van der Waals surface area contributed by atoms with Gasteiger partial charge in [-0.1, -0.05) is 35.9 Å². The highest BCUT2D eigenvalue weighted by Crippen LogP contribution is 2.19. The number of aromatic nitrogens is 2. The average molecular weight is 382 g/mol. The highest BCUT2D eigenvalue weighted by molar-refractivity contribution is 7.97. The molecule has 0 aliphatic carbocycles. The minimum Gasteiger partial charge on any atom is -0.352 e. The van der Waals surface area contributed by atoms with Crippen LogP contribution in [0.1, 0.15) is 29.4 Å². The van der Waals surface area contributed by atoms with Gasteiger partial charge in [0.15, 0.2) is 0 Å². The molecule has 3 aromatic rings. The van der Waals surface area contributed by atoms with Crippen molar-refractivity contribution in [3.63, 3.8) is 0 Å². The van der Waals surface area contributed by atoms with E-state index in [1.165, 1.54) is 16.7 Å². The number of carbonyl (C=O) groups is 1. The third-order valence-electron chi connectivity index (χ3n) is 4.74. The molecule has 5 heteroatoms. The summed E-state index contributed by atoms with van der Waals surface area (Å²) >= 11 is 1.71. The van der Waals surface area contributed by atoms with E-state index in [2.05, 4.69) is 55.5 Å². The number of nitrogens with one attached hydrogen (secondary N) is 1. The second kappa shape index (κ2) is 8.61. The zero-order valence-electron chi connectivity index (χ0n) is 16.5. The van der Waals surface area contributed by atoms with Crippen LogP contribution in [0.3, 0.4) is 0 Å². The molecule has 1 atom stereocenters. The van der Waals surface area contributed by atoms with Crippen molar-refractivity contribution in [2.75, 3.05) is 6.26 Å². The first kappa shape index (κ1) is 19.5. The molecule has 1 amide bonds. The third-order valence-corrected chi connectivity index (χ3v) is 5.29. The van der Waals surface area contributed by atoms with E-state index in [0.717, 1.165) is 29.0 Å². The lowest BCUT2D eigenvalue weighted by Gasteiger charge is -2.17. The van der Waals surface area contributed by atoms with Crippen molar-refractivity contribution in [3.05, 3.63) is 65.0 Å². The SMILES string of the molecule is CSCc1nc2ccccc2n1CC(=O)NC(C)Cc1ccc(C)cc1C. The fraction of sp³-hybridized carbons (Fsp3) is 0.364. The Labute approximate surface area is 165 Å². The number of carbonyl (C=O) groups excluding carboxylic acids is 1. The highest BCUT2D eigenvalue weighted by Gasteiger charge is 2.15. The molecule has 0 bridgehead atoms. The molecule has 1 aromatic heterocycles. The molecule has 1 unspecified atom stereocenters. The van der Waals surface area contributed by atoms with E-state index in [0.29, 0.717) is 6.54 Å². The summed E-state index contributed by atoms with van der Waals surface area (Å²) in [5.74, 6) is 1.76. The largest absolute Gasteiger partial charge is 0.352 e. The van der Waals surface area contributed by atoms with Gasteiger partial charge in [-0.3, -0.25) is 4.79 Å². The Balaban J connectivity index is 1.70. The predicted octanol–water partition coefficient (Wildman–Crippen LogP) is 4.26. The first-order valence-electron chi connectivity index (χ1n) is 9.26. The Hall–Kier alpha value is -2.27. The average Bonchev–Trinajstić information content (AvgIpc) is 2.95. The zero-order valence-corrected chi connectivity index (χ0v) is 17.3. The number of hydrogen-bond donors (Lipinski definition) is 1. The lowest BCUT2D eigenvalue weighted by Crippen LogP contribution is -2.36. The second-order valence-electron chi connectivity index (χ2n) is 7.14. The van der Waals surface area contributed by atoms with E-state index in [9.17, 15) is 4.79 Å². The van der Waals surface area contributed by atoms with E-state index in [1.54, 1.807) is 11.8 Å². The van der Waals surface area contributed by atoms with E-state index >= 15 is 0 Å². The van der Waals surface area contributed by atoms with Gasteiger partial charge in [0, 0.05) is 6.04 Å². The molecule has 4 nitrogen and oxygen atoms in total. The fourth-order valence-corrected chi connectivity index (χ4v) is 3.94. The molecular weight excluding hydrogens is 354 g/mol. The van der Waals surface area contributed by atoms with Crippen LogP contribution < -0.4 is 5.32 Å². The Bertz CT molecular complexity index is 948. The van der Waals surface area contributed by atoms with Gasteiger partial charge in [-0.2, -0.15) is 11.8 Å². The van der Waals surface area contributed by atoms with Gasteiger partial charge in [0.1, 0.15) is 12.4 Å². The van der Waals surface area contributed by atoms with Crippen LogP contribution in [-0.4, -0.2) is 27.8 Å². The molecule has 0 radical (unpaired) electrons. The van der Waals surface area contributed by atoms with Gasteiger partial charge in [0.2, 0.25) is 5.91 Å². The number of thioether (sulfide) groups is 1. The summed E-state index contributed by atoms with van der Waals surface area (Å²) in [5.41, 5.74) is 5.78. The summed E-state index contributed by atoms with van der Waals surface area (Å²) in [6, 6.07) is 14.6. The van der Waals surface area contributed by atoms with Crippen LogP contribution in [-0.2, 0) is 23.5 Å². The van der Waals surface area contributed by atoms with E-state index in [-0.39, 0.29) is 11.9 Å². The molecule has 2 aromatic carbocycles. The standard InChI is InChI=1S/C22H27N3OS/c1-15-9-10-18(16(2)11-15)12-17(3)23-22(26)13-25-20-8-6-5-7-19(20)24-21(25)14-27-4/h5-11,17H,12-14H2,1-4H3,(H,23,26). The van der Waals surface area contributed by atoms with E-state index in [1.807, 2.05) is 28.8 Å². The summed E-state index contributed by atoms with van der Waals surface area (Å²) in [7, 11) is 0. The molecule has 142 valence electrons. The number of nitrogens with zero attached hydrogens (tertiary/aromatic N) is 2. The Morgan fingerprint density at radius 3 is 2.74 bits per heavy atom. The van der Waals surface area contributed by atoms with Gasteiger partial charge in [-0.25, -0.2) is 4.98 Å². The summed E-state index contributed by atoms with van der Waals surface area (Å²) in [6.07, 6.45) is 2.88. The lowest BCUT2D eigenvalue weighted by molar-refractivity contribution is -0.122. The van der Waals surface area contributed by atoms with Crippen molar-refractivity contribution in [1.29, 1.82) is 0 Å². The summed E-state index contributed by atoms with van der Waals surface area (Å²) < 4.78 is 2.03. The van der Waals surface area contributed by atoms with Crippen LogP contribution in [0.5, 0.6) is 0 Å². The predicted molar refractivity (Wildman–Crippen MR) is 114 cm³/mol. The number of amides is 1. The number of benzene rings is 2. The lowest BCUT2D eigenvalue weighted by atomic mass is 10.00. The van der Waals surface area contributed by atoms with Crippen LogP contribution in [0, 0.1) is 13.8 Å². The Morgan fingerprint density at radius 2 is 2.00 bits per heavy atom. The molecule has 27 heavy (non-hydrogen) atoms. The second-order valence-corrected chi connectivity index (χ2v) is 8.00. The van der Waals surface area contributed by atoms with Crippen molar-refractivity contribution in [3.8, 4) is 0 Å². The fourth-order valence-electron chi connectivity index (χ4n) is 3.46. The normalized spacial score (nSPS) is 12.3. The maximum Gasteiger partial charge on any atom is 0.240 e. The molecule has 1 heterocycles. The van der Waals surface area contributed by atoms with Crippen molar-refractivity contribution < 1.29 is 4.79 Å². The number of hydrogen-bond acceptors (Lipinski definition) is 3. The molecule has 0 aliphatic heterocycles. The Kier molecular flexibility index (Phi) is 6.22. The molecule has 0 aliphatic rings. The van der Waals surface area contributed by atoms with Crippen molar-refractivity contribution in [2.45, 2.75) is 45.5 Å². The van der Waals surface area contributed by atoms with Gasteiger partial charge in [-0.05, 0) is 56.7 Å². The van der Waals surface area contributed by atoms with Crippen LogP contribution in [0.2, 0.25) is 0 Å². The van der Waals surface area contributed by atoms with Crippen LogP contribution in [0.15, 0.2) is 42.5 Å². The third kappa shape index (κ3) is 4.72. The van der Waals surface area contributed by atoms with Crippen LogP contribution >= 0.6 is 11.8 Å². The molecular formula is C22H27N3OS. The number of rotatable bonds is 7. The van der Waals surface area contributed by atoms with Gasteiger partial charge >= 0.3 is 0 Å². The van der Waals surface area contributed by atoms with Crippen molar-refractivity contribution in [2.24, 2.45) is 0 Å². The maximum atomic E-state index is 12.7. The number of fused-ring (bicyclic) bond motifs is 1. The topological polar surface area (TPSA) is 46.9 Å². The molecule has 3 rings (SSSR count). The monoisotopic (exact) mass is 381 g/mol. The summed E-state index contributed by atoms with van der Waals surface area (Å²) in [6.45, 7) is 6.59. The molecule has 0 saturated carbocycles. The summed E-state index contributed by atoms with van der Waals surface area (Å²) in [4.78, 5) is 17.4. The molecule has 0 fully saturated rings. The van der Waals surface area contributed by atoms with Crippen LogP contribution in [0.4, 0.5) is 0 Å². The van der Waals surface area contributed by atoms with E-state index < -0.39 is 0 Å². The molecule has 1 N–H and O–H groups in total. The molecule has 0 spiro atoms. The highest BCUT2D eigenvalue weighted by atomic mass is 32.2. The summed E-state index contributed by atoms with van der Waals surface area (Å²) in [5, 5.41) is 3.15. The maximum absolute atomic E-state index is 12.7. The first-order chi connectivity index (χ1) is 13.0. The van der Waals surface area contributed by atoms with Gasteiger partial charge in [0.05, 0.1) is 16.8 Å². The number of aryl methyl sites for hydroxylation is 2. The number of imidazole rings is 1. The first-order valence-corrected chi connectivity index (χ1v) is 10.7. The minimum absolute atomic E-state index is 0.0257. The van der Waals surface area contributed by atoms with Gasteiger partial charge < -0.3 is 9.88 Å². The van der Waals surface area contributed by atoms with Crippen molar-refractivity contribution in [1.82, 2.24) is 14.9 Å². The molecule has 0 saturated heterocycles. The zero-order chi connectivity index (χ0) is 19.4. The van der Waals surface area contributed by atoms with E-state index in [4.69, 9.17) is 0 Å². The quantitative estimate of drug-likeness (QED) is 0.665. The van der Waals surface area contributed by atoms with Gasteiger partial charge in [0.25, 0.3) is 0 Å². The Morgan fingerprint density at radius 1 is 1.22 bits per heavy atom. The smallest absolute Gasteiger partial charge is 0.240 e. The minimum atomic E-state index is 0.0257. The van der Waals surface area contributed by atoms with Crippen LogP contribution in [0.25, 0.3) is 11.0 Å². The number of para-hydroxylation sites is 2. The van der Waals surface area contributed by atoms with Crippen molar-refractivity contribution >= 4 is 28.7 Å². The van der Waals surface area contributed by atoms with Gasteiger partial charge in [-0.15, -0.1) is 0 Å².